The maximum atomic E-state index is 12.3. The van der Waals surface area contributed by atoms with E-state index in [-0.39, 0.29) is 11.3 Å². The molecule has 0 radical (unpaired) electrons. The second kappa shape index (κ2) is 7.28. The molecule has 6 nitrogen and oxygen atoms in total. The van der Waals surface area contributed by atoms with Gasteiger partial charge in [0.1, 0.15) is 5.75 Å². The van der Waals surface area contributed by atoms with E-state index in [4.69, 9.17) is 9.47 Å². The Balaban J connectivity index is 2.37. The van der Waals surface area contributed by atoms with Gasteiger partial charge in [-0.25, -0.2) is 0 Å². The van der Waals surface area contributed by atoms with Crippen LogP contribution in [0.4, 0.5) is 8.78 Å². The van der Waals surface area contributed by atoms with Crippen LogP contribution >= 0.6 is 0 Å². The van der Waals surface area contributed by atoms with Crippen LogP contribution in [0.15, 0.2) is 29.2 Å². The predicted octanol–water partition coefficient (Wildman–Crippen LogP) is 2.01. The number of fused-ring (bicyclic) bond motifs is 1. The van der Waals surface area contributed by atoms with Gasteiger partial charge in [0.05, 0.1) is 17.2 Å². The normalized spacial score (nSPS) is 11.5. The van der Waals surface area contributed by atoms with Crippen LogP contribution in [0.2, 0.25) is 0 Å². The summed E-state index contributed by atoms with van der Waals surface area (Å²) in [6, 6.07) is 4.27. The molecule has 2 aromatic rings. The molecule has 0 atom stereocenters. The van der Waals surface area contributed by atoms with E-state index in [1.54, 1.807) is 0 Å². The Morgan fingerprint density at radius 1 is 1.27 bits per heavy atom. The first-order valence-corrected chi connectivity index (χ1v) is 6.55. The van der Waals surface area contributed by atoms with Crippen molar-refractivity contribution in [3.63, 3.8) is 0 Å². The Kier molecular flexibility index (Phi) is 5.40. The lowest BCUT2D eigenvalue weighted by Gasteiger charge is -2.15. The maximum absolute atomic E-state index is 12.3. The smallest absolute Gasteiger partial charge is 0.387 e. The molecule has 0 fully saturated rings. The van der Waals surface area contributed by atoms with E-state index in [0.29, 0.717) is 24.0 Å². The third-order valence-corrected chi connectivity index (χ3v) is 3.15. The van der Waals surface area contributed by atoms with Crippen LogP contribution in [-0.2, 0) is 16.0 Å². The quantitative estimate of drug-likeness (QED) is 0.732. The highest BCUT2D eigenvalue weighted by Crippen LogP contribution is 2.19. The first-order chi connectivity index (χ1) is 10.5. The Morgan fingerprint density at radius 2 is 2.00 bits per heavy atom. The van der Waals surface area contributed by atoms with E-state index in [9.17, 15) is 13.6 Å². The summed E-state index contributed by atoms with van der Waals surface area (Å²) in [5.74, 6) is -0.100. The number of nitrogens with zero attached hydrogens (tertiary/aromatic N) is 2. The summed E-state index contributed by atoms with van der Waals surface area (Å²) in [6.45, 7) is -2.66. The molecule has 0 spiro atoms. The number of aryl methyl sites for hydroxylation is 1. The number of hydrogen-bond donors (Lipinski definition) is 0. The molecule has 0 aliphatic carbocycles. The largest absolute Gasteiger partial charge is 0.433 e. The molecule has 0 unspecified atom stereocenters. The minimum Gasteiger partial charge on any atom is -0.433 e. The summed E-state index contributed by atoms with van der Waals surface area (Å²) in [5.41, 5.74) is 0.652. The van der Waals surface area contributed by atoms with Crippen molar-refractivity contribution in [3.05, 3.63) is 34.7 Å². The first-order valence-electron chi connectivity index (χ1n) is 6.55. The van der Waals surface area contributed by atoms with Gasteiger partial charge >= 0.3 is 6.61 Å². The van der Waals surface area contributed by atoms with Gasteiger partial charge in [0.2, 0.25) is 0 Å². The summed E-state index contributed by atoms with van der Waals surface area (Å²) >= 11 is 0. The van der Waals surface area contributed by atoms with Crippen LogP contribution in [0.1, 0.15) is 6.42 Å². The zero-order valence-electron chi connectivity index (χ0n) is 12.2. The molecule has 0 saturated carbocycles. The Morgan fingerprint density at radius 3 is 2.64 bits per heavy atom. The van der Waals surface area contributed by atoms with Gasteiger partial charge in [0.15, 0.2) is 6.29 Å². The Hall–Kier alpha value is -2.06. The molecule has 22 heavy (non-hydrogen) atoms. The number of aromatic nitrogens is 2. The molecule has 8 heteroatoms. The van der Waals surface area contributed by atoms with Crippen LogP contribution in [0.25, 0.3) is 11.0 Å². The van der Waals surface area contributed by atoms with Gasteiger partial charge in [0.25, 0.3) is 5.56 Å². The number of rotatable bonds is 7. The molecule has 0 bridgehead atoms. The molecule has 2 heterocycles. The third-order valence-electron chi connectivity index (χ3n) is 3.15. The van der Waals surface area contributed by atoms with E-state index in [1.165, 1.54) is 43.2 Å². The van der Waals surface area contributed by atoms with Crippen LogP contribution in [0.5, 0.6) is 5.75 Å². The van der Waals surface area contributed by atoms with Crippen LogP contribution in [-0.4, -0.2) is 36.7 Å². The second-order valence-electron chi connectivity index (χ2n) is 4.47. The molecule has 0 amide bonds. The highest BCUT2D eigenvalue weighted by molar-refractivity contribution is 5.75. The van der Waals surface area contributed by atoms with Crippen molar-refractivity contribution in [2.24, 2.45) is 0 Å². The Bertz CT molecular complexity index is 686. The second-order valence-corrected chi connectivity index (χ2v) is 4.47. The zero-order chi connectivity index (χ0) is 16.1. The minimum absolute atomic E-state index is 0.100. The monoisotopic (exact) mass is 314 g/mol. The van der Waals surface area contributed by atoms with Gasteiger partial charge in [0, 0.05) is 39.3 Å². The van der Waals surface area contributed by atoms with Crippen molar-refractivity contribution < 1.29 is 23.0 Å². The van der Waals surface area contributed by atoms with Crippen molar-refractivity contribution in [2.45, 2.75) is 25.9 Å². The number of methoxy groups -OCH3 is 2. The van der Waals surface area contributed by atoms with Gasteiger partial charge in [-0.1, -0.05) is 0 Å². The number of alkyl halides is 2. The fourth-order valence-electron chi connectivity index (χ4n) is 2.11. The molecule has 0 aliphatic rings. The topological polar surface area (TPSA) is 62.6 Å². The molecular formula is C14H16F2N2O4. The molecule has 120 valence electrons. The van der Waals surface area contributed by atoms with Crippen LogP contribution < -0.4 is 10.3 Å². The third kappa shape index (κ3) is 3.77. The number of pyridine rings is 2. The summed E-state index contributed by atoms with van der Waals surface area (Å²) < 4.78 is 40.5. The number of ether oxygens (including phenoxy) is 3. The average molecular weight is 314 g/mol. The summed E-state index contributed by atoms with van der Waals surface area (Å²) in [6.07, 6.45) is 1.15. The van der Waals surface area contributed by atoms with Crippen LogP contribution in [0, 0.1) is 0 Å². The summed E-state index contributed by atoms with van der Waals surface area (Å²) in [7, 11) is 2.99. The van der Waals surface area contributed by atoms with Gasteiger partial charge in [-0.15, -0.1) is 0 Å². The molecule has 0 saturated heterocycles. The molecule has 0 aliphatic heterocycles. The van der Waals surface area contributed by atoms with Crippen molar-refractivity contribution in [2.75, 3.05) is 14.2 Å². The van der Waals surface area contributed by atoms with Gasteiger partial charge < -0.3 is 18.8 Å². The first kappa shape index (κ1) is 16.3. The lowest BCUT2D eigenvalue weighted by molar-refractivity contribution is -0.107. The molecular weight excluding hydrogens is 298 g/mol. The fourth-order valence-corrected chi connectivity index (χ4v) is 2.11. The highest BCUT2D eigenvalue weighted by Gasteiger charge is 2.11. The molecule has 0 aromatic carbocycles. The van der Waals surface area contributed by atoms with E-state index < -0.39 is 12.9 Å². The van der Waals surface area contributed by atoms with Gasteiger partial charge in [-0.3, -0.25) is 9.78 Å². The Labute approximate surface area is 125 Å². The minimum atomic E-state index is -2.95. The summed E-state index contributed by atoms with van der Waals surface area (Å²) in [5, 5.41) is 0. The standard InChI is InChI=1S/C14H16F2N2O4/c1-20-13(21-2)5-6-18-11-7-9(22-14(15)16)8-17-10(11)3-4-12(18)19/h3-4,7-8,13-14H,5-6H2,1-2H3. The van der Waals surface area contributed by atoms with Crippen molar-refractivity contribution >= 4 is 11.0 Å². The van der Waals surface area contributed by atoms with E-state index >= 15 is 0 Å². The van der Waals surface area contributed by atoms with Crippen molar-refractivity contribution in [1.82, 2.24) is 9.55 Å². The molecule has 0 N–H and O–H groups in total. The average Bonchev–Trinajstić information content (AvgIpc) is 2.49. The highest BCUT2D eigenvalue weighted by atomic mass is 19.3. The van der Waals surface area contributed by atoms with Crippen LogP contribution in [0.3, 0.4) is 0 Å². The lowest BCUT2D eigenvalue weighted by Crippen LogP contribution is -2.24. The number of halogens is 2. The van der Waals surface area contributed by atoms with Crippen molar-refractivity contribution in [1.29, 1.82) is 0 Å². The summed E-state index contributed by atoms with van der Waals surface area (Å²) in [4.78, 5) is 16.0. The molecule has 2 rings (SSSR count). The SMILES string of the molecule is COC(CCn1c(=O)ccc2ncc(OC(F)F)cc21)OC. The van der Waals surface area contributed by atoms with Gasteiger partial charge in [-0.05, 0) is 6.07 Å². The predicted molar refractivity (Wildman–Crippen MR) is 75.1 cm³/mol. The fraction of sp³-hybridized carbons (Fsp3) is 0.429. The van der Waals surface area contributed by atoms with E-state index in [1.807, 2.05) is 0 Å². The maximum Gasteiger partial charge on any atom is 0.387 e. The van der Waals surface area contributed by atoms with E-state index in [0.717, 1.165) is 0 Å². The van der Waals surface area contributed by atoms with E-state index in [2.05, 4.69) is 9.72 Å². The number of hydrogen-bond acceptors (Lipinski definition) is 5. The lowest BCUT2D eigenvalue weighted by atomic mass is 10.3. The molecule has 2 aromatic heterocycles. The van der Waals surface area contributed by atoms with Gasteiger partial charge in [-0.2, -0.15) is 8.78 Å². The zero-order valence-corrected chi connectivity index (χ0v) is 12.2. The van der Waals surface area contributed by atoms with Crippen molar-refractivity contribution in [3.8, 4) is 5.75 Å².